The summed E-state index contributed by atoms with van der Waals surface area (Å²) in [7, 11) is 0. The first-order chi connectivity index (χ1) is 11.2. The molecule has 0 aliphatic rings. The molecule has 0 saturated heterocycles. The van der Waals surface area contributed by atoms with E-state index in [0.29, 0.717) is 0 Å². The molecule has 2 rings (SSSR count). The lowest BCUT2D eigenvalue weighted by molar-refractivity contribution is -0.137. The summed E-state index contributed by atoms with van der Waals surface area (Å²) in [4.78, 5) is 16.8. The first-order valence-corrected chi connectivity index (χ1v) is 9.00. The number of aryl methyl sites for hydroxylation is 1. The Kier molecular flexibility index (Phi) is 5.92. The van der Waals surface area contributed by atoms with E-state index in [4.69, 9.17) is 0 Å². The zero-order valence-electron chi connectivity index (χ0n) is 13.3. The van der Waals surface area contributed by atoms with Gasteiger partial charge in [0.25, 0.3) is 0 Å². The van der Waals surface area contributed by atoms with Gasteiger partial charge in [0.05, 0.1) is 16.5 Å². The number of aromatic nitrogens is 1. The van der Waals surface area contributed by atoms with E-state index in [1.807, 2.05) is 26.2 Å². The second kappa shape index (κ2) is 7.57. The van der Waals surface area contributed by atoms with Gasteiger partial charge in [0, 0.05) is 11.1 Å². The number of halogens is 3. The van der Waals surface area contributed by atoms with Crippen molar-refractivity contribution in [3.63, 3.8) is 0 Å². The highest BCUT2D eigenvalue weighted by Crippen LogP contribution is 2.36. The van der Waals surface area contributed by atoms with Crippen LogP contribution >= 0.6 is 23.1 Å². The molecule has 3 nitrogen and oxygen atoms in total. The van der Waals surface area contributed by atoms with Crippen molar-refractivity contribution in [3.8, 4) is 0 Å². The third kappa shape index (κ3) is 4.73. The lowest BCUT2D eigenvalue weighted by Gasteiger charge is -2.20. The lowest BCUT2D eigenvalue weighted by Crippen LogP contribution is -2.30. The highest BCUT2D eigenvalue weighted by Gasteiger charge is 2.34. The maximum Gasteiger partial charge on any atom is 0.418 e. The van der Waals surface area contributed by atoms with Gasteiger partial charge in [-0.25, -0.2) is 4.98 Å². The van der Waals surface area contributed by atoms with Gasteiger partial charge in [-0.05, 0) is 25.0 Å². The van der Waals surface area contributed by atoms with E-state index in [-0.39, 0.29) is 11.6 Å². The Labute approximate surface area is 146 Å². The Hall–Kier alpha value is -1.54. The number of thiazole rings is 1. The van der Waals surface area contributed by atoms with Crippen molar-refractivity contribution < 1.29 is 18.0 Å². The summed E-state index contributed by atoms with van der Waals surface area (Å²) in [5.41, 5.74) is -0.222. The minimum atomic E-state index is -4.52. The fraction of sp³-hybridized carbons (Fsp3) is 0.375. The van der Waals surface area contributed by atoms with E-state index < -0.39 is 22.9 Å². The summed E-state index contributed by atoms with van der Waals surface area (Å²) >= 11 is 2.69. The molecule has 24 heavy (non-hydrogen) atoms. The number of alkyl halides is 3. The van der Waals surface area contributed by atoms with Gasteiger partial charge in [-0.15, -0.1) is 11.3 Å². The number of carbonyl (C=O) groups is 1. The number of rotatable bonds is 5. The molecule has 1 amide bonds. The number of benzene rings is 1. The maximum atomic E-state index is 13.0. The van der Waals surface area contributed by atoms with Crippen LogP contribution in [0.4, 0.5) is 18.9 Å². The summed E-state index contributed by atoms with van der Waals surface area (Å²) in [6.45, 7) is 5.56. The van der Waals surface area contributed by atoms with Gasteiger partial charge in [0.2, 0.25) is 5.91 Å². The van der Waals surface area contributed by atoms with E-state index in [9.17, 15) is 18.0 Å². The molecule has 0 bridgehead atoms. The Bertz CT molecular complexity index is 713. The number of hydrogen-bond donors (Lipinski definition) is 1. The number of carbonyl (C=O) groups excluding carboxylic acids is 1. The Morgan fingerprint density at radius 3 is 2.50 bits per heavy atom. The van der Waals surface area contributed by atoms with Crippen LogP contribution in [0.2, 0.25) is 0 Å². The predicted molar refractivity (Wildman–Crippen MR) is 91.4 cm³/mol. The normalized spacial score (nSPS) is 13.1. The zero-order chi connectivity index (χ0) is 17.9. The van der Waals surface area contributed by atoms with Crippen LogP contribution in [0.25, 0.3) is 0 Å². The average molecular weight is 374 g/mol. The number of amides is 1. The first kappa shape index (κ1) is 18.8. The third-order valence-corrected chi connectivity index (χ3v) is 5.81. The van der Waals surface area contributed by atoms with Crippen LogP contribution in [0.5, 0.6) is 0 Å². The SMILES string of the molecule is Cc1csc(SC(C(=O)Nc2ccccc2C(F)(F)F)C(C)C)n1. The molecular formula is C16H17F3N2OS2. The topological polar surface area (TPSA) is 42.0 Å². The van der Waals surface area contributed by atoms with Crippen molar-refractivity contribution in [1.29, 1.82) is 0 Å². The van der Waals surface area contributed by atoms with Gasteiger partial charge >= 0.3 is 6.18 Å². The molecule has 2 aromatic rings. The largest absolute Gasteiger partial charge is 0.418 e. The van der Waals surface area contributed by atoms with Crippen molar-refractivity contribution in [1.82, 2.24) is 4.98 Å². The summed E-state index contributed by atoms with van der Waals surface area (Å²) in [6, 6.07) is 4.98. The standard InChI is InChI=1S/C16H17F3N2OS2/c1-9(2)13(24-15-20-10(3)8-23-15)14(22)21-12-7-5-4-6-11(12)16(17,18)19/h4-9,13H,1-3H3,(H,21,22). The molecule has 1 N–H and O–H groups in total. The van der Waals surface area contributed by atoms with Gasteiger partial charge in [-0.2, -0.15) is 13.2 Å². The minimum absolute atomic E-state index is 0.0581. The molecule has 1 atom stereocenters. The number of hydrogen-bond acceptors (Lipinski definition) is 4. The van der Waals surface area contributed by atoms with E-state index in [1.54, 1.807) is 0 Å². The first-order valence-electron chi connectivity index (χ1n) is 7.24. The van der Waals surface area contributed by atoms with Gasteiger partial charge in [0.15, 0.2) is 4.34 Å². The summed E-state index contributed by atoms with van der Waals surface area (Å²) in [5, 5.41) is 3.76. The quantitative estimate of drug-likeness (QED) is 0.729. The molecule has 1 aromatic heterocycles. The number of para-hydroxylation sites is 1. The van der Waals surface area contributed by atoms with Gasteiger partial charge in [0.1, 0.15) is 0 Å². The van der Waals surface area contributed by atoms with Crippen LogP contribution in [0.1, 0.15) is 25.1 Å². The molecule has 0 aliphatic heterocycles. The smallest absolute Gasteiger partial charge is 0.325 e. The fourth-order valence-electron chi connectivity index (χ4n) is 2.03. The molecule has 1 aromatic carbocycles. The monoisotopic (exact) mass is 374 g/mol. The number of anilines is 1. The molecule has 0 spiro atoms. The van der Waals surface area contributed by atoms with Crippen molar-refractivity contribution in [2.24, 2.45) is 5.92 Å². The molecule has 0 radical (unpaired) electrons. The summed E-state index contributed by atoms with van der Waals surface area (Å²) in [5.74, 6) is -0.517. The van der Waals surface area contributed by atoms with Crippen molar-refractivity contribution in [2.75, 3.05) is 5.32 Å². The van der Waals surface area contributed by atoms with Crippen LogP contribution in [0, 0.1) is 12.8 Å². The lowest BCUT2D eigenvalue weighted by atomic mass is 10.1. The summed E-state index contributed by atoms with van der Waals surface area (Å²) in [6.07, 6.45) is -4.52. The second-order valence-corrected chi connectivity index (χ2v) is 7.82. The van der Waals surface area contributed by atoms with Crippen LogP contribution < -0.4 is 5.32 Å². The van der Waals surface area contributed by atoms with Gasteiger partial charge < -0.3 is 5.32 Å². The van der Waals surface area contributed by atoms with E-state index in [0.717, 1.165) is 16.1 Å². The van der Waals surface area contributed by atoms with Crippen molar-refractivity contribution >= 4 is 34.7 Å². The Morgan fingerprint density at radius 1 is 1.29 bits per heavy atom. The second-order valence-electron chi connectivity index (χ2n) is 5.57. The third-order valence-electron chi connectivity index (χ3n) is 3.18. The highest BCUT2D eigenvalue weighted by atomic mass is 32.2. The van der Waals surface area contributed by atoms with Crippen LogP contribution in [0.3, 0.4) is 0 Å². The van der Waals surface area contributed by atoms with Crippen LogP contribution in [-0.4, -0.2) is 16.1 Å². The molecule has 0 saturated carbocycles. The number of nitrogens with zero attached hydrogens (tertiary/aromatic N) is 1. The fourth-order valence-corrected chi connectivity index (χ4v) is 4.08. The Balaban J connectivity index is 2.20. The van der Waals surface area contributed by atoms with Crippen molar-refractivity contribution in [2.45, 2.75) is 36.5 Å². The molecule has 8 heteroatoms. The van der Waals surface area contributed by atoms with E-state index >= 15 is 0 Å². The number of nitrogens with one attached hydrogen (secondary N) is 1. The minimum Gasteiger partial charge on any atom is -0.325 e. The van der Waals surface area contributed by atoms with E-state index in [2.05, 4.69) is 10.3 Å². The highest BCUT2D eigenvalue weighted by molar-refractivity contribution is 8.02. The van der Waals surface area contributed by atoms with Crippen LogP contribution in [-0.2, 0) is 11.0 Å². The summed E-state index contributed by atoms with van der Waals surface area (Å²) < 4.78 is 39.9. The molecule has 1 heterocycles. The molecule has 1 unspecified atom stereocenters. The Morgan fingerprint density at radius 2 is 1.96 bits per heavy atom. The molecular weight excluding hydrogens is 357 g/mol. The van der Waals surface area contributed by atoms with Gasteiger partial charge in [-0.3, -0.25) is 4.79 Å². The van der Waals surface area contributed by atoms with Crippen LogP contribution in [0.15, 0.2) is 34.0 Å². The molecule has 0 fully saturated rings. The zero-order valence-corrected chi connectivity index (χ0v) is 15.0. The predicted octanol–water partition coefficient (Wildman–Crippen LogP) is 5.23. The average Bonchev–Trinajstić information content (AvgIpc) is 2.89. The number of thioether (sulfide) groups is 1. The molecule has 0 aliphatic carbocycles. The van der Waals surface area contributed by atoms with Gasteiger partial charge in [-0.1, -0.05) is 37.7 Å². The molecule has 130 valence electrons. The van der Waals surface area contributed by atoms with E-state index in [1.165, 1.54) is 41.3 Å². The van der Waals surface area contributed by atoms with Crippen molar-refractivity contribution in [3.05, 3.63) is 40.9 Å². The maximum absolute atomic E-state index is 13.0.